The zero-order valence-electron chi connectivity index (χ0n) is 6.04. The van der Waals surface area contributed by atoms with E-state index in [9.17, 15) is 4.21 Å². The topological polar surface area (TPSA) is 37.3 Å². The van der Waals surface area contributed by atoms with E-state index in [4.69, 9.17) is 4.55 Å². The molecule has 0 saturated heterocycles. The zero-order valence-corrected chi connectivity index (χ0v) is 6.86. The summed E-state index contributed by atoms with van der Waals surface area (Å²) in [5.41, 5.74) is 0. The molecule has 0 aliphatic heterocycles. The van der Waals surface area contributed by atoms with E-state index in [2.05, 4.69) is 6.58 Å². The van der Waals surface area contributed by atoms with Gasteiger partial charge in [-0.1, -0.05) is 18.7 Å². The van der Waals surface area contributed by atoms with E-state index >= 15 is 0 Å². The second kappa shape index (κ2) is 5.38. The molecule has 0 spiro atoms. The Balaban J connectivity index is 3.50. The highest BCUT2D eigenvalue weighted by molar-refractivity contribution is 7.83. The van der Waals surface area contributed by atoms with E-state index in [1.165, 1.54) is 0 Å². The standard InChI is InChI=1S/C7H12O2S/c1-3-4-5-6-7(2)10(8)9/h3-4H,2,5-6H2,1H3,(H,8,9)/b4-3-. The van der Waals surface area contributed by atoms with Crippen LogP contribution in [0.25, 0.3) is 0 Å². The first kappa shape index (κ1) is 9.59. The monoisotopic (exact) mass is 160 g/mol. The molecule has 0 aromatic carbocycles. The lowest BCUT2D eigenvalue weighted by Crippen LogP contribution is -1.89. The maximum absolute atomic E-state index is 10.3. The van der Waals surface area contributed by atoms with Gasteiger partial charge in [0.2, 0.25) is 0 Å². The van der Waals surface area contributed by atoms with Gasteiger partial charge < -0.3 is 4.55 Å². The lowest BCUT2D eigenvalue weighted by atomic mass is 10.3. The molecular formula is C7H12O2S. The molecule has 3 heteroatoms. The van der Waals surface area contributed by atoms with Crippen molar-refractivity contribution in [1.29, 1.82) is 0 Å². The Labute approximate surface area is 63.9 Å². The number of rotatable bonds is 4. The first-order valence-corrected chi connectivity index (χ1v) is 4.19. The van der Waals surface area contributed by atoms with Gasteiger partial charge in [0.1, 0.15) is 0 Å². The predicted octanol–water partition coefficient (Wildman–Crippen LogP) is 2.08. The van der Waals surface area contributed by atoms with E-state index in [1.54, 1.807) is 0 Å². The van der Waals surface area contributed by atoms with Crippen molar-refractivity contribution in [2.45, 2.75) is 19.8 Å². The van der Waals surface area contributed by atoms with Crippen LogP contribution in [0.4, 0.5) is 0 Å². The van der Waals surface area contributed by atoms with Gasteiger partial charge >= 0.3 is 0 Å². The summed E-state index contributed by atoms with van der Waals surface area (Å²) >= 11 is -1.84. The Hall–Kier alpha value is -0.410. The van der Waals surface area contributed by atoms with Crippen LogP contribution >= 0.6 is 0 Å². The van der Waals surface area contributed by atoms with E-state index in [0.29, 0.717) is 11.3 Å². The van der Waals surface area contributed by atoms with Crippen molar-refractivity contribution in [2.75, 3.05) is 0 Å². The lowest BCUT2D eigenvalue weighted by molar-refractivity contribution is 0.569. The second-order valence-corrected chi connectivity index (χ2v) is 2.97. The average Bonchev–Trinajstić information content (AvgIpc) is 1.88. The van der Waals surface area contributed by atoms with Gasteiger partial charge in [0.05, 0.1) is 0 Å². The van der Waals surface area contributed by atoms with Crippen molar-refractivity contribution in [1.82, 2.24) is 0 Å². The quantitative estimate of drug-likeness (QED) is 0.505. The SMILES string of the molecule is C=C(CC/C=C\C)S(=O)O. The molecule has 10 heavy (non-hydrogen) atoms. The fourth-order valence-electron chi connectivity index (χ4n) is 0.498. The fraction of sp³-hybridized carbons (Fsp3) is 0.429. The Morgan fingerprint density at radius 3 is 2.80 bits per heavy atom. The molecule has 2 nitrogen and oxygen atoms in total. The van der Waals surface area contributed by atoms with Crippen LogP contribution in [0.2, 0.25) is 0 Å². The van der Waals surface area contributed by atoms with Crippen LogP contribution < -0.4 is 0 Å². The molecule has 0 fully saturated rings. The van der Waals surface area contributed by atoms with E-state index in [0.717, 1.165) is 6.42 Å². The molecule has 0 radical (unpaired) electrons. The third-order valence-corrected chi connectivity index (χ3v) is 1.77. The van der Waals surface area contributed by atoms with Gasteiger partial charge in [-0.2, -0.15) is 0 Å². The van der Waals surface area contributed by atoms with Crippen molar-refractivity contribution in [3.05, 3.63) is 23.6 Å². The molecule has 0 amide bonds. The normalized spacial score (nSPS) is 13.8. The largest absolute Gasteiger partial charge is 0.303 e. The fourth-order valence-corrected chi connectivity index (χ4v) is 0.791. The maximum Gasteiger partial charge on any atom is 0.181 e. The first-order chi connectivity index (χ1) is 4.68. The molecule has 1 unspecified atom stereocenters. The smallest absolute Gasteiger partial charge is 0.181 e. The van der Waals surface area contributed by atoms with Crippen LogP contribution in [0.5, 0.6) is 0 Å². The molecule has 0 saturated carbocycles. The van der Waals surface area contributed by atoms with Gasteiger partial charge in [-0.25, -0.2) is 4.21 Å². The predicted molar refractivity (Wildman–Crippen MR) is 44.0 cm³/mol. The Morgan fingerprint density at radius 1 is 1.80 bits per heavy atom. The molecule has 1 N–H and O–H groups in total. The molecular weight excluding hydrogens is 148 g/mol. The molecule has 0 bridgehead atoms. The minimum Gasteiger partial charge on any atom is -0.303 e. The maximum atomic E-state index is 10.3. The highest BCUT2D eigenvalue weighted by Gasteiger charge is 1.97. The van der Waals surface area contributed by atoms with Gasteiger partial charge in [0, 0.05) is 4.91 Å². The average molecular weight is 160 g/mol. The summed E-state index contributed by atoms with van der Waals surface area (Å²) in [6.07, 6.45) is 5.24. The highest BCUT2D eigenvalue weighted by Crippen LogP contribution is 2.05. The molecule has 0 aliphatic rings. The third kappa shape index (κ3) is 4.47. The molecule has 0 aliphatic carbocycles. The summed E-state index contributed by atoms with van der Waals surface area (Å²) in [7, 11) is 0. The number of allylic oxidation sites excluding steroid dienone is 3. The van der Waals surface area contributed by atoms with Crippen LogP contribution in [0.1, 0.15) is 19.8 Å². The lowest BCUT2D eigenvalue weighted by Gasteiger charge is -1.94. The van der Waals surface area contributed by atoms with E-state index in [-0.39, 0.29) is 0 Å². The molecule has 1 atom stereocenters. The van der Waals surface area contributed by atoms with Gasteiger partial charge in [-0.3, -0.25) is 0 Å². The molecule has 0 aromatic rings. The third-order valence-electron chi connectivity index (χ3n) is 1.07. The summed E-state index contributed by atoms with van der Waals surface area (Å²) in [5, 5.41) is 0. The Bertz CT molecular complexity index is 161. The van der Waals surface area contributed by atoms with Crippen LogP contribution in [-0.2, 0) is 11.1 Å². The summed E-state index contributed by atoms with van der Waals surface area (Å²) < 4.78 is 18.7. The minimum atomic E-state index is -1.84. The van der Waals surface area contributed by atoms with E-state index < -0.39 is 11.1 Å². The van der Waals surface area contributed by atoms with Crippen LogP contribution in [0.15, 0.2) is 23.6 Å². The van der Waals surface area contributed by atoms with Crippen molar-refractivity contribution in [3.8, 4) is 0 Å². The Morgan fingerprint density at radius 2 is 2.40 bits per heavy atom. The second-order valence-electron chi connectivity index (χ2n) is 1.90. The number of hydrogen-bond donors (Lipinski definition) is 1. The van der Waals surface area contributed by atoms with Crippen molar-refractivity contribution in [2.24, 2.45) is 0 Å². The Kier molecular flexibility index (Phi) is 5.16. The van der Waals surface area contributed by atoms with Gasteiger partial charge in [0.25, 0.3) is 0 Å². The van der Waals surface area contributed by atoms with Crippen LogP contribution in [0.3, 0.4) is 0 Å². The summed E-state index contributed by atoms with van der Waals surface area (Å²) in [5.74, 6) is 0. The molecule has 0 aromatic heterocycles. The molecule has 58 valence electrons. The zero-order chi connectivity index (χ0) is 7.98. The molecule has 0 heterocycles. The van der Waals surface area contributed by atoms with E-state index in [1.807, 2.05) is 19.1 Å². The number of hydrogen-bond acceptors (Lipinski definition) is 1. The van der Waals surface area contributed by atoms with Crippen molar-refractivity contribution < 1.29 is 8.76 Å². The summed E-state index contributed by atoms with van der Waals surface area (Å²) in [6, 6.07) is 0. The van der Waals surface area contributed by atoms with Gasteiger partial charge in [-0.15, -0.1) is 0 Å². The highest BCUT2D eigenvalue weighted by atomic mass is 32.2. The van der Waals surface area contributed by atoms with Gasteiger partial charge in [-0.05, 0) is 19.8 Å². The van der Waals surface area contributed by atoms with Crippen molar-refractivity contribution in [3.63, 3.8) is 0 Å². The summed E-state index contributed by atoms with van der Waals surface area (Å²) in [6.45, 7) is 5.36. The minimum absolute atomic E-state index is 0.387. The van der Waals surface area contributed by atoms with Crippen LogP contribution in [0, 0.1) is 0 Å². The first-order valence-electron chi connectivity index (χ1n) is 3.08. The van der Waals surface area contributed by atoms with Gasteiger partial charge in [0.15, 0.2) is 11.1 Å². The summed E-state index contributed by atoms with van der Waals surface area (Å²) in [4.78, 5) is 0.387. The molecule has 0 rings (SSSR count). The van der Waals surface area contributed by atoms with Crippen molar-refractivity contribution >= 4 is 11.1 Å². The van der Waals surface area contributed by atoms with Crippen LogP contribution in [-0.4, -0.2) is 8.76 Å².